The smallest absolute Gasteiger partial charge is 0.274 e. The lowest BCUT2D eigenvalue weighted by molar-refractivity contribution is -0.116. The van der Waals surface area contributed by atoms with Gasteiger partial charge in [0, 0.05) is 6.42 Å². The SMILES string of the molecule is CCCCCCC(=O)CS(=O)(=O)OC1CCCC1. The van der Waals surface area contributed by atoms with Crippen molar-refractivity contribution in [2.24, 2.45) is 0 Å². The lowest BCUT2D eigenvalue weighted by atomic mass is 10.1. The predicted octanol–water partition coefficient (Wildman–Crippen LogP) is 2.81. The van der Waals surface area contributed by atoms with Crippen LogP contribution >= 0.6 is 0 Å². The minimum atomic E-state index is -3.66. The zero-order chi connectivity index (χ0) is 13.4. The summed E-state index contributed by atoms with van der Waals surface area (Å²) in [5.74, 6) is -0.667. The van der Waals surface area contributed by atoms with Crippen molar-refractivity contribution in [3.63, 3.8) is 0 Å². The van der Waals surface area contributed by atoms with Crippen molar-refractivity contribution in [3.8, 4) is 0 Å². The van der Waals surface area contributed by atoms with E-state index in [0.29, 0.717) is 6.42 Å². The Morgan fingerprint density at radius 1 is 1.17 bits per heavy atom. The summed E-state index contributed by atoms with van der Waals surface area (Å²) in [5.41, 5.74) is 0. The van der Waals surface area contributed by atoms with Crippen molar-refractivity contribution >= 4 is 15.9 Å². The highest BCUT2D eigenvalue weighted by molar-refractivity contribution is 7.87. The van der Waals surface area contributed by atoms with Gasteiger partial charge < -0.3 is 0 Å². The van der Waals surface area contributed by atoms with Gasteiger partial charge in [-0.05, 0) is 19.3 Å². The molecule has 0 atom stereocenters. The van der Waals surface area contributed by atoms with Gasteiger partial charge in [-0.1, -0.05) is 39.0 Å². The van der Waals surface area contributed by atoms with Gasteiger partial charge in [0.15, 0.2) is 0 Å². The number of hydrogen-bond donors (Lipinski definition) is 0. The molecule has 0 saturated heterocycles. The molecule has 0 spiro atoms. The predicted molar refractivity (Wildman–Crippen MR) is 70.9 cm³/mol. The van der Waals surface area contributed by atoms with Crippen LogP contribution in [0.2, 0.25) is 0 Å². The van der Waals surface area contributed by atoms with E-state index in [9.17, 15) is 13.2 Å². The highest BCUT2D eigenvalue weighted by atomic mass is 32.2. The molecule has 106 valence electrons. The lowest BCUT2D eigenvalue weighted by Gasteiger charge is -2.10. The fraction of sp³-hybridized carbons (Fsp3) is 0.923. The van der Waals surface area contributed by atoms with Crippen molar-refractivity contribution in [1.29, 1.82) is 0 Å². The fourth-order valence-corrected chi connectivity index (χ4v) is 3.46. The van der Waals surface area contributed by atoms with Crippen LogP contribution in [0, 0.1) is 0 Å². The third-order valence-electron chi connectivity index (χ3n) is 3.23. The maximum absolute atomic E-state index is 11.6. The van der Waals surface area contributed by atoms with Crippen LogP contribution in [0.25, 0.3) is 0 Å². The second-order valence-electron chi connectivity index (χ2n) is 5.05. The van der Waals surface area contributed by atoms with E-state index in [1.807, 2.05) is 0 Å². The number of Topliss-reactive ketones (excluding diaryl/α,β-unsaturated/α-hetero) is 1. The summed E-state index contributed by atoms with van der Waals surface area (Å²) in [6, 6.07) is 0. The summed E-state index contributed by atoms with van der Waals surface area (Å²) < 4.78 is 28.3. The molecule has 0 aromatic carbocycles. The summed E-state index contributed by atoms with van der Waals surface area (Å²) in [6.07, 6.45) is 7.77. The molecule has 4 nitrogen and oxygen atoms in total. The molecule has 0 heterocycles. The van der Waals surface area contributed by atoms with Crippen molar-refractivity contribution in [1.82, 2.24) is 0 Å². The molecule has 0 aliphatic heterocycles. The molecule has 1 aliphatic carbocycles. The van der Waals surface area contributed by atoms with Crippen LogP contribution < -0.4 is 0 Å². The Balaban J connectivity index is 2.24. The van der Waals surface area contributed by atoms with E-state index < -0.39 is 15.9 Å². The normalized spacial score (nSPS) is 17.2. The highest BCUT2D eigenvalue weighted by Crippen LogP contribution is 2.22. The van der Waals surface area contributed by atoms with E-state index in [4.69, 9.17) is 4.18 Å². The first-order valence-electron chi connectivity index (χ1n) is 6.96. The molecule has 0 unspecified atom stereocenters. The van der Waals surface area contributed by atoms with Crippen LogP contribution in [0.1, 0.15) is 64.7 Å². The monoisotopic (exact) mass is 276 g/mol. The molecule has 1 aliphatic rings. The largest absolute Gasteiger partial charge is 0.298 e. The molecule has 1 fully saturated rings. The first-order chi connectivity index (χ1) is 8.53. The standard InChI is InChI=1S/C13H24O4S/c1-2-3-4-5-8-12(14)11-18(15,16)17-13-9-6-7-10-13/h13H,2-11H2,1H3. The van der Waals surface area contributed by atoms with Crippen LogP contribution in [0.5, 0.6) is 0 Å². The average Bonchev–Trinajstić information content (AvgIpc) is 2.75. The van der Waals surface area contributed by atoms with Gasteiger partial charge in [0.05, 0.1) is 6.10 Å². The van der Waals surface area contributed by atoms with Crippen LogP contribution in [0.15, 0.2) is 0 Å². The molecular weight excluding hydrogens is 252 g/mol. The van der Waals surface area contributed by atoms with Crippen LogP contribution in [0.4, 0.5) is 0 Å². The molecule has 0 amide bonds. The molecule has 0 N–H and O–H groups in total. The molecule has 0 radical (unpaired) electrons. The van der Waals surface area contributed by atoms with E-state index >= 15 is 0 Å². The summed E-state index contributed by atoms with van der Waals surface area (Å²) >= 11 is 0. The first kappa shape index (κ1) is 15.6. The van der Waals surface area contributed by atoms with E-state index in [2.05, 4.69) is 6.92 Å². The van der Waals surface area contributed by atoms with Gasteiger partial charge in [-0.25, -0.2) is 0 Å². The van der Waals surface area contributed by atoms with Gasteiger partial charge in [0.25, 0.3) is 10.1 Å². The molecule has 0 aromatic rings. The third kappa shape index (κ3) is 6.50. The molecule has 1 saturated carbocycles. The number of carbonyl (C=O) groups is 1. The Labute approximate surface area is 110 Å². The summed E-state index contributed by atoms with van der Waals surface area (Å²) in [6.45, 7) is 2.10. The van der Waals surface area contributed by atoms with Gasteiger partial charge in [-0.15, -0.1) is 0 Å². The summed E-state index contributed by atoms with van der Waals surface area (Å²) in [4.78, 5) is 11.5. The first-order valence-corrected chi connectivity index (χ1v) is 8.54. The van der Waals surface area contributed by atoms with E-state index in [1.165, 1.54) is 0 Å². The van der Waals surface area contributed by atoms with E-state index in [0.717, 1.165) is 51.4 Å². The minimum absolute atomic E-state index is 0.192. The van der Waals surface area contributed by atoms with E-state index in [-0.39, 0.29) is 11.9 Å². The van der Waals surface area contributed by atoms with Crippen LogP contribution in [0.3, 0.4) is 0 Å². The van der Waals surface area contributed by atoms with Gasteiger partial charge in [0.1, 0.15) is 11.5 Å². The Morgan fingerprint density at radius 3 is 2.44 bits per heavy atom. The number of hydrogen-bond acceptors (Lipinski definition) is 4. The van der Waals surface area contributed by atoms with Gasteiger partial charge in [-0.2, -0.15) is 8.42 Å². The Bertz CT molecular complexity index is 342. The van der Waals surface area contributed by atoms with Gasteiger partial charge in [0.2, 0.25) is 0 Å². The zero-order valence-electron chi connectivity index (χ0n) is 11.2. The number of carbonyl (C=O) groups excluding carboxylic acids is 1. The Morgan fingerprint density at radius 2 is 1.83 bits per heavy atom. The fourth-order valence-electron chi connectivity index (χ4n) is 2.24. The molecule has 18 heavy (non-hydrogen) atoms. The molecule has 1 rings (SSSR count). The lowest BCUT2D eigenvalue weighted by Crippen LogP contribution is -2.22. The van der Waals surface area contributed by atoms with Crippen molar-refractivity contribution in [2.45, 2.75) is 70.8 Å². The van der Waals surface area contributed by atoms with E-state index in [1.54, 1.807) is 0 Å². The maximum atomic E-state index is 11.6. The molecular formula is C13H24O4S. The quantitative estimate of drug-likeness (QED) is 0.480. The van der Waals surface area contributed by atoms with Crippen LogP contribution in [-0.2, 0) is 19.1 Å². The molecule has 5 heteroatoms. The number of rotatable bonds is 9. The van der Waals surface area contributed by atoms with Crippen molar-refractivity contribution < 1.29 is 17.4 Å². The molecule has 0 bridgehead atoms. The second kappa shape index (κ2) is 7.89. The number of ketones is 1. The average molecular weight is 276 g/mol. The third-order valence-corrected chi connectivity index (χ3v) is 4.47. The summed E-state index contributed by atoms with van der Waals surface area (Å²) in [5, 5.41) is 0. The Kier molecular flexibility index (Phi) is 6.86. The maximum Gasteiger partial charge on any atom is 0.274 e. The minimum Gasteiger partial charge on any atom is -0.298 e. The van der Waals surface area contributed by atoms with Crippen LogP contribution in [-0.4, -0.2) is 26.1 Å². The van der Waals surface area contributed by atoms with Gasteiger partial charge in [-0.3, -0.25) is 8.98 Å². The Hall–Kier alpha value is -0.420. The number of unbranched alkanes of at least 4 members (excludes halogenated alkanes) is 3. The zero-order valence-corrected chi connectivity index (χ0v) is 12.0. The van der Waals surface area contributed by atoms with Crippen molar-refractivity contribution in [2.75, 3.05) is 5.75 Å². The molecule has 0 aromatic heterocycles. The summed E-state index contributed by atoms with van der Waals surface area (Å²) in [7, 11) is -3.66. The highest BCUT2D eigenvalue weighted by Gasteiger charge is 2.24. The van der Waals surface area contributed by atoms with Gasteiger partial charge >= 0.3 is 0 Å². The van der Waals surface area contributed by atoms with Crippen molar-refractivity contribution in [3.05, 3.63) is 0 Å². The topological polar surface area (TPSA) is 60.4 Å². The second-order valence-corrected chi connectivity index (χ2v) is 6.65.